The molecule has 0 amide bonds. The number of hydrogen-bond donors (Lipinski definition) is 3. The third-order valence-corrected chi connectivity index (χ3v) is 4.92. The number of nitrogens with zero attached hydrogens (tertiary/aromatic N) is 2. The number of thiocarbonyl (C=S) groups is 1. The molecule has 7 nitrogen and oxygen atoms in total. The highest BCUT2D eigenvalue weighted by Gasteiger charge is 2.22. The summed E-state index contributed by atoms with van der Waals surface area (Å²) in [5, 5.41) is 3.59. The topological polar surface area (TPSA) is 96.2 Å². The van der Waals surface area contributed by atoms with Gasteiger partial charge in [-0.2, -0.15) is 0 Å². The predicted octanol–water partition coefficient (Wildman–Crippen LogP) is 3.34. The molecular weight excluding hydrogens is 386 g/mol. The zero-order chi connectivity index (χ0) is 21.6. The second-order valence-corrected chi connectivity index (χ2v) is 7.87. The van der Waals surface area contributed by atoms with Crippen molar-refractivity contribution in [2.45, 2.75) is 53.5 Å². The van der Waals surface area contributed by atoms with E-state index >= 15 is 0 Å². The summed E-state index contributed by atoms with van der Waals surface area (Å²) in [6.07, 6.45) is 2.65. The van der Waals surface area contributed by atoms with Gasteiger partial charge in [0.05, 0.1) is 0 Å². The van der Waals surface area contributed by atoms with Crippen molar-refractivity contribution in [3.8, 4) is 0 Å². The number of aromatic amines is 1. The molecule has 0 radical (unpaired) electrons. The Morgan fingerprint density at radius 3 is 2.66 bits per heavy atom. The second kappa shape index (κ2) is 10.2. The molecule has 0 aliphatic heterocycles. The van der Waals surface area contributed by atoms with Gasteiger partial charge in [0, 0.05) is 18.8 Å². The monoisotopic (exact) mass is 417 g/mol. The predicted molar refractivity (Wildman–Crippen MR) is 125 cm³/mol. The molecule has 1 aromatic heterocycles. The zero-order valence-corrected chi connectivity index (χ0v) is 18.4. The van der Waals surface area contributed by atoms with Gasteiger partial charge in [-0.15, -0.1) is 0 Å². The lowest BCUT2D eigenvalue weighted by Crippen LogP contribution is -2.43. The van der Waals surface area contributed by atoms with E-state index in [-0.39, 0.29) is 17.4 Å². The molecule has 0 unspecified atom stereocenters. The normalized spacial score (nSPS) is 10.9. The van der Waals surface area contributed by atoms with Crippen LogP contribution in [0.25, 0.3) is 0 Å². The van der Waals surface area contributed by atoms with E-state index in [2.05, 4.69) is 24.1 Å². The first-order chi connectivity index (χ1) is 13.8. The molecule has 0 atom stereocenters. The fraction of sp³-hybridized carbons (Fsp3) is 0.476. The maximum Gasteiger partial charge on any atom is 0.330 e. The van der Waals surface area contributed by atoms with Gasteiger partial charge in [-0.05, 0) is 48.7 Å². The first-order valence-corrected chi connectivity index (χ1v) is 10.5. The fourth-order valence-corrected chi connectivity index (χ4v) is 3.38. The summed E-state index contributed by atoms with van der Waals surface area (Å²) in [5.74, 6) is 0.328. The molecule has 0 spiro atoms. The first kappa shape index (κ1) is 22.7. The largest absolute Gasteiger partial charge is 0.383 e. The highest BCUT2D eigenvalue weighted by Crippen LogP contribution is 2.20. The van der Waals surface area contributed by atoms with Gasteiger partial charge < -0.3 is 16.0 Å². The number of nitrogen functional groups attached to an aromatic ring is 1. The van der Waals surface area contributed by atoms with E-state index in [1.165, 1.54) is 10.1 Å². The van der Waals surface area contributed by atoms with E-state index < -0.39 is 11.2 Å². The number of hydrogen-bond acceptors (Lipinski definition) is 4. The number of rotatable bonds is 8. The minimum Gasteiger partial charge on any atom is -0.383 e. The third-order valence-electron chi connectivity index (χ3n) is 4.60. The number of nitrogens with one attached hydrogen (secondary N) is 2. The maximum atomic E-state index is 12.7. The highest BCUT2D eigenvalue weighted by atomic mass is 32.1. The van der Waals surface area contributed by atoms with Crippen LogP contribution in [0.5, 0.6) is 0 Å². The van der Waals surface area contributed by atoms with Crippen molar-refractivity contribution in [3.63, 3.8) is 0 Å². The number of H-pyrrole nitrogens is 1. The molecule has 0 fully saturated rings. The lowest BCUT2D eigenvalue weighted by molar-refractivity contribution is 0.507. The van der Waals surface area contributed by atoms with Crippen LogP contribution in [0.15, 0.2) is 33.9 Å². The van der Waals surface area contributed by atoms with Crippen molar-refractivity contribution >= 4 is 34.5 Å². The molecule has 2 rings (SSSR count). The molecule has 29 heavy (non-hydrogen) atoms. The molecule has 8 heteroatoms. The van der Waals surface area contributed by atoms with Crippen LogP contribution < -0.4 is 27.2 Å². The summed E-state index contributed by atoms with van der Waals surface area (Å²) in [7, 11) is 0. The Morgan fingerprint density at radius 1 is 1.31 bits per heavy atom. The van der Waals surface area contributed by atoms with Crippen LogP contribution in [0, 0.1) is 5.92 Å². The molecule has 0 aliphatic rings. The van der Waals surface area contributed by atoms with E-state index in [4.69, 9.17) is 18.0 Å². The van der Waals surface area contributed by atoms with Crippen molar-refractivity contribution in [2.24, 2.45) is 5.92 Å². The minimum atomic E-state index is -0.532. The molecule has 0 bridgehead atoms. The zero-order valence-electron chi connectivity index (χ0n) is 17.6. The quantitative estimate of drug-likeness (QED) is 0.570. The SMILES string of the molecule is CCCCN(C(=S)Nc1cccc(CC)c1)c1c(N)n(CC(C)C)c(=O)[nH]c1=O. The standard InChI is InChI=1S/C21H31N5O2S/c1-5-7-11-25(21(29)23-16-10-8-9-15(6-2)12-16)17-18(22)26(13-14(3)4)20(28)24-19(17)27/h8-10,12,14H,5-7,11,13,22H2,1-4H3,(H,23,29)(H,24,27,28). The molecule has 0 saturated carbocycles. The summed E-state index contributed by atoms with van der Waals surface area (Å²) in [4.78, 5) is 29.0. The lowest BCUT2D eigenvalue weighted by atomic mass is 10.1. The van der Waals surface area contributed by atoms with Crippen molar-refractivity contribution in [1.29, 1.82) is 0 Å². The lowest BCUT2D eigenvalue weighted by Gasteiger charge is -2.27. The van der Waals surface area contributed by atoms with Gasteiger partial charge in [0.15, 0.2) is 10.8 Å². The van der Waals surface area contributed by atoms with Gasteiger partial charge in [-0.25, -0.2) is 4.79 Å². The third kappa shape index (κ3) is 5.69. The molecule has 1 aromatic carbocycles. The molecule has 2 aromatic rings. The Labute approximate surface area is 176 Å². The van der Waals surface area contributed by atoms with Crippen LogP contribution in [-0.2, 0) is 13.0 Å². The van der Waals surface area contributed by atoms with Gasteiger partial charge in [-0.3, -0.25) is 14.3 Å². The van der Waals surface area contributed by atoms with E-state index in [0.717, 1.165) is 24.9 Å². The molecule has 1 heterocycles. The Hall–Kier alpha value is -2.61. The Morgan fingerprint density at radius 2 is 2.03 bits per heavy atom. The van der Waals surface area contributed by atoms with Crippen LogP contribution in [0.1, 0.15) is 46.1 Å². The minimum absolute atomic E-state index is 0.134. The Kier molecular flexibility index (Phi) is 8.01. The number of aryl methyl sites for hydroxylation is 1. The van der Waals surface area contributed by atoms with Crippen LogP contribution >= 0.6 is 12.2 Å². The van der Waals surface area contributed by atoms with Crippen LogP contribution in [0.4, 0.5) is 17.2 Å². The number of nitrogens with two attached hydrogens (primary N) is 1. The van der Waals surface area contributed by atoms with Gasteiger partial charge in [0.2, 0.25) is 0 Å². The van der Waals surface area contributed by atoms with E-state index in [1.54, 1.807) is 4.90 Å². The van der Waals surface area contributed by atoms with E-state index in [9.17, 15) is 9.59 Å². The summed E-state index contributed by atoms with van der Waals surface area (Å²) < 4.78 is 1.40. The van der Waals surface area contributed by atoms with Crippen molar-refractivity contribution in [2.75, 3.05) is 22.5 Å². The summed E-state index contributed by atoms with van der Waals surface area (Å²) in [5.41, 5.74) is 7.50. The van der Waals surface area contributed by atoms with Crippen LogP contribution in [0.2, 0.25) is 0 Å². The van der Waals surface area contributed by atoms with E-state index in [0.29, 0.717) is 18.2 Å². The highest BCUT2D eigenvalue weighted by molar-refractivity contribution is 7.80. The summed E-state index contributed by atoms with van der Waals surface area (Å²) >= 11 is 5.63. The summed E-state index contributed by atoms with van der Waals surface area (Å²) in [6.45, 7) is 9.05. The Balaban J connectivity index is 2.47. The van der Waals surface area contributed by atoms with Crippen LogP contribution in [0.3, 0.4) is 0 Å². The summed E-state index contributed by atoms with van der Waals surface area (Å²) in [6, 6.07) is 7.96. The van der Waals surface area contributed by atoms with Crippen LogP contribution in [-0.4, -0.2) is 21.2 Å². The van der Waals surface area contributed by atoms with Gasteiger partial charge in [0.1, 0.15) is 5.82 Å². The molecule has 4 N–H and O–H groups in total. The molecule has 0 aliphatic carbocycles. The maximum absolute atomic E-state index is 12.7. The fourth-order valence-electron chi connectivity index (χ4n) is 3.08. The number of unbranched alkanes of at least 4 members (excludes halogenated alkanes) is 1. The smallest absolute Gasteiger partial charge is 0.330 e. The Bertz CT molecular complexity index is 964. The van der Waals surface area contributed by atoms with Gasteiger partial charge >= 0.3 is 5.69 Å². The van der Waals surface area contributed by atoms with E-state index in [1.807, 2.05) is 38.1 Å². The number of aromatic nitrogens is 2. The molecular formula is C21H31N5O2S. The van der Waals surface area contributed by atoms with Gasteiger partial charge in [-0.1, -0.05) is 46.2 Å². The number of anilines is 3. The average Bonchev–Trinajstić information content (AvgIpc) is 2.67. The second-order valence-electron chi connectivity index (χ2n) is 7.49. The van der Waals surface area contributed by atoms with Gasteiger partial charge in [0.25, 0.3) is 5.56 Å². The average molecular weight is 418 g/mol. The number of benzene rings is 1. The van der Waals surface area contributed by atoms with Crippen molar-refractivity contribution in [3.05, 3.63) is 50.7 Å². The molecule has 158 valence electrons. The van der Waals surface area contributed by atoms with Crippen molar-refractivity contribution < 1.29 is 0 Å². The first-order valence-electron chi connectivity index (χ1n) is 10.1. The van der Waals surface area contributed by atoms with Crippen molar-refractivity contribution in [1.82, 2.24) is 9.55 Å². The molecule has 0 saturated heterocycles.